The van der Waals surface area contributed by atoms with Crippen molar-refractivity contribution in [1.29, 1.82) is 0 Å². The van der Waals surface area contributed by atoms with Crippen molar-refractivity contribution in [3.8, 4) is 21.8 Å². The number of rotatable bonds is 7. The number of thiophene rings is 1. The normalized spacial score (nSPS) is 10.7. The molecule has 150 valence electrons. The third-order valence-corrected chi connectivity index (χ3v) is 5.58. The summed E-state index contributed by atoms with van der Waals surface area (Å²) in [6.07, 6.45) is 2.71. The number of amides is 1. The quantitative estimate of drug-likeness (QED) is 0.448. The predicted octanol–water partition coefficient (Wildman–Crippen LogP) is 4.94. The standard InChI is InChI=1S/C24H21N3O2S/c28-16-18-8-11-19(12-9-18)20-15-25-24(23(26-20)21-7-4-14-30-21)27-22(29)13-10-17-5-2-1-3-6-17/h1-9,11-12,14-15,28H,10,13,16H2,(H,25,27,29). The fraction of sp³-hybridized carbons (Fsp3) is 0.125. The number of benzene rings is 2. The number of carbonyl (C=O) groups excluding carboxylic acids is 1. The van der Waals surface area contributed by atoms with Crippen molar-refractivity contribution in [2.24, 2.45) is 0 Å². The number of carbonyl (C=O) groups is 1. The fourth-order valence-electron chi connectivity index (χ4n) is 3.08. The minimum Gasteiger partial charge on any atom is -0.392 e. The van der Waals surface area contributed by atoms with Crippen LogP contribution in [0.3, 0.4) is 0 Å². The lowest BCUT2D eigenvalue weighted by molar-refractivity contribution is -0.116. The summed E-state index contributed by atoms with van der Waals surface area (Å²) >= 11 is 1.55. The van der Waals surface area contributed by atoms with Crippen LogP contribution in [0.4, 0.5) is 5.82 Å². The van der Waals surface area contributed by atoms with E-state index in [1.165, 1.54) is 0 Å². The molecule has 30 heavy (non-hydrogen) atoms. The van der Waals surface area contributed by atoms with Crippen molar-refractivity contribution in [2.45, 2.75) is 19.4 Å². The summed E-state index contributed by atoms with van der Waals surface area (Å²) in [5.41, 5.74) is 4.23. The highest BCUT2D eigenvalue weighted by Crippen LogP contribution is 2.31. The summed E-state index contributed by atoms with van der Waals surface area (Å²) in [6, 6.07) is 21.4. The van der Waals surface area contributed by atoms with Gasteiger partial charge in [0.1, 0.15) is 5.69 Å². The molecule has 4 rings (SSSR count). The van der Waals surface area contributed by atoms with Crippen LogP contribution in [0.15, 0.2) is 78.3 Å². The third-order valence-electron chi connectivity index (χ3n) is 4.70. The largest absolute Gasteiger partial charge is 0.392 e. The van der Waals surface area contributed by atoms with Gasteiger partial charge in [0.05, 0.1) is 23.4 Å². The zero-order chi connectivity index (χ0) is 20.8. The summed E-state index contributed by atoms with van der Waals surface area (Å²) in [7, 11) is 0. The van der Waals surface area contributed by atoms with Crippen molar-refractivity contribution in [1.82, 2.24) is 9.97 Å². The number of aromatic nitrogens is 2. The van der Waals surface area contributed by atoms with Gasteiger partial charge >= 0.3 is 0 Å². The van der Waals surface area contributed by atoms with E-state index in [9.17, 15) is 9.90 Å². The Kier molecular flexibility index (Phi) is 6.27. The maximum Gasteiger partial charge on any atom is 0.225 e. The molecule has 2 aromatic heterocycles. The Labute approximate surface area is 179 Å². The van der Waals surface area contributed by atoms with Gasteiger partial charge in [0, 0.05) is 12.0 Å². The molecular weight excluding hydrogens is 394 g/mol. The summed E-state index contributed by atoms with van der Waals surface area (Å²) in [5.74, 6) is 0.372. The Bertz CT molecular complexity index is 1110. The Morgan fingerprint density at radius 1 is 0.967 bits per heavy atom. The summed E-state index contributed by atoms with van der Waals surface area (Å²) in [6.45, 7) is 0.000352. The Balaban J connectivity index is 1.56. The van der Waals surface area contributed by atoms with Crippen LogP contribution in [0.2, 0.25) is 0 Å². The van der Waals surface area contributed by atoms with Crippen LogP contribution in [0, 0.1) is 0 Å². The number of anilines is 1. The molecule has 2 aromatic carbocycles. The lowest BCUT2D eigenvalue weighted by Crippen LogP contribution is -2.14. The van der Waals surface area contributed by atoms with Gasteiger partial charge in [-0.15, -0.1) is 11.3 Å². The predicted molar refractivity (Wildman–Crippen MR) is 120 cm³/mol. The average Bonchev–Trinajstić information content (AvgIpc) is 3.34. The molecule has 0 saturated carbocycles. The van der Waals surface area contributed by atoms with Crippen molar-refractivity contribution in [3.05, 3.63) is 89.4 Å². The van der Waals surface area contributed by atoms with E-state index in [0.717, 1.165) is 21.6 Å². The molecule has 2 heterocycles. The highest BCUT2D eigenvalue weighted by atomic mass is 32.1. The highest BCUT2D eigenvalue weighted by Gasteiger charge is 2.15. The van der Waals surface area contributed by atoms with Gasteiger partial charge in [0.15, 0.2) is 5.82 Å². The van der Waals surface area contributed by atoms with Crippen LogP contribution in [-0.4, -0.2) is 21.0 Å². The summed E-state index contributed by atoms with van der Waals surface area (Å²) in [5, 5.41) is 14.1. The van der Waals surface area contributed by atoms with Gasteiger partial charge in [-0.1, -0.05) is 60.7 Å². The molecule has 0 aliphatic heterocycles. The minimum absolute atomic E-state index is 0.000352. The van der Waals surface area contributed by atoms with Crippen LogP contribution in [0.25, 0.3) is 21.8 Å². The smallest absolute Gasteiger partial charge is 0.225 e. The van der Waals surface area contributed by atoms with E-state index in [2.05, 4.69) is 10.3 Å². The first-order valence-corrected chi connectivity index (χ1v) is 10.6. The molecule has 0 bridgehead atoms. The van der Waals surface area contributed by atoms with Crippen molar-refractivity contribution < 1.29 is 9.90 Å². The van der Waals surface area contributed by atoms with E-state index in [0.29, 0.717) is 30.0 Å². The van der Waals surface area contributed by atoms with Crippen LogP contribution < -0.4 is 5.32 Å². The second-order valence-corrected chi connectivity index (χ2v) is 7.77. The third kappa shape index (κ3) is 4.79. The number of nitrogens with one attached hydrogen (secondary N) is 1. The lowest BCUT2D eigenvalue weighted by atomic mass is 10.1. The average molecular weight is 416 g/mol. The van der Waals surface area contributed by atoms with E-state index in [-0.39, 0.29) is 12.5 Å². The second kappa shape index (κ2) is 9.43. The summed E-state index contributed by atoms with van der Waals surface area (Å²) in [4.78, 5) is 22.8. The Morgan fingerprint density at radius 2 is 1.77 bits per heavy atom. The lowest BCUT2D eigenvalue weighted by Gasteiger charge is -2.11. The molecule has 4 aromatic rings. The van der Waals surface area contributed by atoms with Crippen LogP contribution in [0.1, 0.15) is 17.5 Å². The van der Waals surface area contributed by atoms with Crippen LogP contribution >= 0.6 is 11.3 Å². The second-order valence-electron chi connectivity index (χ2n) is 6.82. The maximum atomic E-state index is 12.5. The molecule has 1 amide bonds. The van der Waals surface area contributed by atoms with E-state index in [1.807, 2.05) is 72.1 Å². The maximum absolute atomic E-state index is 12.5. The van der Waals surface area contributed by atoms with Crippen LogP contribution in [-0.2, 0) is 17.8 Å². The molecule has 0 unspecified atom stereocenters. The van der Waals surface area contributed by atoms with Gasteiger partial charge < -0.3 is 10.4 Å². The first-order chi connectivity index (χ1) is 14.7. The molecule has 0 aliphatic rings. The van der Waals surface area contributed by atoms with E-state index in [4.69, 9.17) is 4.98 Å². The highest BCUT2D eigenvalue weighted by molar-refractivity contribution is 7.13. The molecule has 0 fully saturated rings. The molecular formula is C24H21N3O2S. The van der Waals surface area contributed by atoms with Crippen LogP contribution in [0.5, 0.6) is 0 Å². The van der Waals surface area contributed by atoms with Gasteiger partial charge in [-0.3, -0.25) is 4.79 Å². The van der Waals surface area contributed by atoms with Crippen molar-refractivity contribution in [3.63, 3.8) is 0 Å². The monoisotopic (exact) mass is 415 g/mol. The van der Waals surface area contributed by atoms with Gasteiger partial charge in [0.25, 0.3) is 0 Å². The minimum atomic E-state index is -0.0917. The first kappa shape index (κ1) is 19.9. The van der Waals surface area contributed by atoms with Gasteiger partial charge in [-0.05, 0) is 29.0 Å². The van der Waals surface area contributed by atoms with Gasteiger partial charge in [-0.2, -0.15) is 0 Å². The molecule has 2 N–H and O–H groups in total. The zero-order valence-corrected chi connectivity index (χ0v) is 17.1. The first-order valence-electron chi connectivity index (χ1n) is 9.68. The number of aliphatic hydroxyl groups is 1. The number of hydrogen-bond acceptors (Lipinski definition) is 5. The Morgan fingerprint density at radius 3 is 2.47 bits per heavy atom. The van der Waals surface area contributed by atoms with E-state index >= 15 is 0 Å². The molecule has 6 heteroatoms. The molecule has 0 aliphatic carbocycles. The Hall–Kier alpha value is -3.35. The van der Waals surface area contributed by atoms with Gasteiger partial charge in [0.2, 0.25) is 5.91 Å². The number of aryl methyl sites for hydroxylation is 1. The molecule has 0 atom stereocenters. The molecule has 0 spiro atoms. The fourth-order valence-corrected chi connectivity index (χ4v) is 3.80. The van der Waals surface area contributed by atoms with Crippen molar-refractivity contribution >= 4 is 23.1 Å². The number of nitrogens with zero attached hydrogens (tertiary/aromatic N) is 2. The van der Waals surface area contributed by atoms with E-state index < -0.39 is 0 Å². The van der Waals surface area contributed by atoms with Gasteiger partial charge in [-0.25, -0.2) is 9.97 Å². The molecule has 5 nitrogen and oxygen atoms in total. The number of hydrogen-bond donors (Lipinski definition) is 2. The summed E-state index contributed by atoms with van der Waals surface area (Å²) < 4.78 is 0. The zero-order valence-electron chi connectivity index (χ0n) is 16.3. The SMILES string of the molecule is O=C(CCc1ccccc1)Nc1ncc(-c2ccc(CO)cc2)nc1-c1cccs1. The molecule has 0 saturated heterocycles. The topological polar surface area (TPSA) is 75.1 Å². The van der Waals surface area contributed by atoms with Crippen molar-refractivity contribution in [2.75, 3.05) is 5.32 Å². The number of aliphatic hydroxyl groups excluding tert-OH is 1. The van der Waals surface area contributed by atoms with E-state index in [1.54, 1.807) is 17.5 Å². The molecule has 0 radical (unpaired) electrons.